The van der Waals surface area contributed by atoms with Crippen molar-refractivity contribution >= 4 is 28.1 Å². The van der Waals surface area contributed by atoms with Gasteiger partial charge in [-0.2, -0.15) is 0 Å². The number of nitrogens with two attached hydrogens (primary N) is 1. The molecule has 2 aromatic rings. The predicted molar refractivity (Wildman–Crippen MR) is 79.6 cm³/mol. The molecule has 0 fully saturated rings. The van der Waals surface area contributed by atoms with Crippen molar-refractivity contribution in [1.29, 1.82) is 0 Å². The van der Waals surface area contributed by atoms with Gasteiger partial charge in [0.05, 0.1) is 12.1 Å². The first kappa shape index (κ1) is 13.7. The van der Waals surface area contributed by atoms with Gasteiger partial charge in [-0.15, -0.1) is 0 Å². The molecule has 4 nitrogen and oxygen atoms in total. The molecule has 19 heavy (non-hydrogen) atoms. The van der Waals surface area contributed by atoms with E-state index in [2.05, 4.69) is 4.98 Å². The molecule has 1 aromatic carbocycles. The number of nitrogens with zero attached hydrogens (tertiary/aromatic N) is 1. The summed E-state index contributed by atoms with van der Waals surface area (Å²) in [6.07, 6.45) is -0.0853. The summed E-state index contributed by atoms with van der Waals surface area (Å²) in [5.41, 5.74) is 7.35. The van der Waals surface area contributed by atoms with Gasteiger partial charge in [-0.05, 0) is 13.0 Å². The summed E-state index contributed by atoms with van der Waals surface area (Å²) in [6, 6.07) is 9.47. The third kappa shape index (κ3) is 3.19. The van der Waals surface area contributed by atoms with Gasteiger partial charge in [-0.3, -0.25) is 0 Å². The quantitative estimate of drug-likeness (QED) is 0.849. The lowest BCUT2D eigenvalue weighted by molar-refractivity contribution is 0.0892. The zero-order valence-corrected chi connectivity index (χ0v) is 11.7. The van der Waals surface area contributed by atoms with Gasteiger partial charge in [-0.1, -0.05) is 30.4 Å². The van der Waals surface area contributed by atoms with Crippen LogP contribution >= 0.6 is 12.2 Å². The number of para-hydroxylation sites is 1. The molecule has 0 amide bonds. The molecule has 1 atom stereocenters. The fourth-order valence-electron chi connectivity index (χ4n) is 1.89. The van der Waals surface area contributed by atoms with E-state index in [0.29, 0.717) is 17.5 Å². The Hall–Kier alpha value is -1.72. The first-order valence-corrected chi connectivity index (χ1v) is 6.38. The van der Waals surface area contributed by atoms with Crippen LogP contribution < -0.4 is 10.5 Å². The first-order valence-electron chi connectivity index (χ1n) is 5.97. The summed E-state index contributed by atoms with van der Waals surface area (Å²) < 4.78 is 10.7. The van der Waals surface area contributed by atoms with Crippen LogP contribution in [-0.4, -0.2) is 29.8 Å². The number of thiocarbonyl (C=S) groups is 1. The average molecular weight is 276 g/mol. The molecule has 1 aromatic heterocycles. The molecule has 1 heterocycles. The fraction of sp³-hybridized carbons (Fsp3) is 0.286. The minimum Gasteiger partial charge on any atom is -0.472 e. The van der Waals surface area contributed by atoms with Crippen LogP contribution in [0.25, 0.3) is 10.9 Å². The Morgan fingerprint density at radius 2 is 2.16 bits per heavy atom. The molecular formula is C14H16N2O2S. The number of aromatic nitrogens is 1. The van der Waals surface area contributed by atoms with Crippen molar-refractivity contribution in [2.45, 2.75) is 13.0 Å². The Bertz CT molecular complexity index is 601. The fourth-order valence-corrected chi connectivity index (χ4v) is 2.06. The van der Waals surface area contributed by atoms with Crippen molar-refractivity contribution in [3.05, 3.63) is 35.9 Å². The maximum atomic E-state index is 5.76. The second kappa shape index (κ2) is 5.95. The highest BCUT2D eigenvalue weighted by molar-refractivity contribution is 7.80. The SMILES string of the molecule is COCC(C)Oc1cc(C(N)=S)c2ccccc2n1. The van der Waals surface area contributed by atoms with Crippen LogP contribution in [0.15, 0.2) is 30.3 Å². The second-order valence-electron chi connectivity index (χ2n) is 4.27. The highest BCUT2D eigenvalue weighted by atomic mass is 32.1. The summed E-state index contributed by atoms with van der Waals surface area (Å²) in [5, 5.41) is 0.932. The largest absolute Gasteiger partial charge is 0.472 e. The number of fused-ring (bicyclic) bond motifs is 1. The van der Waals surface area contributed by atoms with E-state index in [1.807, 2.05) is 31.2 Å². The summed E-state index contributed by atoms with van der Waals surface area (Å²) in [4.78, 5) is 4.78. The van der Waals surface area contributed by atoms with Gasteiger partial charge in [0.1, 0.15) is 11.1 Å². The number of hydrogen-bond donors (Lipinski definition) is 1. The van der Waals surface area contributed by atoms with Crippen molar-refractivity contribution in [3.8, 4) is 5.88 Å². The third-order valence-electron chi connectivity index (χ3n) is 2.68. The molecule has 0 aliphatic rings. The first-order chi connectivity index (χ1) is 9.11. The Labute approximate surface area is 117 Å². The van der Waals surface area contributed by atoms with Crippen molar-refractivity contribution in [1.82, 2.24) is 4.98 Å². The zero-order valence-electron chi connectivity index (χ0n) is 10.9. The van der Waals surface area contributed by atoms with Crippen LogP contribution in [0.3, 0.4) is 0 Å². The van der Waals surface area contributed by atoms with E-state index in [0.717, 1.165) is 16.5 Å². The molecule has 0 spiro atoms. The van der Waals surface area contributed by atoms with Gasteiger partial charge in [0.15, 0.2) is 0 Å². The van der Waals surface area contributed by atoms with E-state index in [1.54, 1.807) is 13.2 Å². The number of ether oxygens (including phenoxy) is 2. The standard InChI is InChI=1S/C14H16N2O2S/c1-9(8-17-2)18-13-7-11(14(15)19)10-5-3-4-6-12(10)16-13/h3-7,9H,8H2,1-2H3,(H2,15,19). The highest BCUT2D eigenvalue weighted by Crippen LogP contribution is 2.22. The van der Waals surface area contributed by atoms with E-state index in [9.17, 15) is 0 Å². The van der Waals surface area contributed by atoms with Gasteiger partial charge < -0.3 is 15.2 Å². The van der Waals surface area contributed by atoms with Crippen LogP contribution in [0.2, 0.25) is 0 Å². The molecule has 0 bridgehead atoms. The molecule has 0 radical (unpaired) electrons. The van der Waals surface area contributed by atoms with Crippen LogP contribution in [0.5, 0.6) is 5.88 Å². The van der Waals surface area contributed by atoms with Gasteiger partial charge in [0.2, 0.25) is 5.88 Å². The van der Waals surface area contributed by atoms with E-state index in [-0.39, 0.29) is 6.10 Å². The molecule has 0 saturated carbocycles. The smallest absolute Gasteiger partial charge is 0.214 e. The number of benzene rings is 1. The number of rotatable bonds is 5. The molecule has 0 aliphatic carbocycles. The van der Waals surface area contributed by atoms with Crippen LogP contribution in [0.1, 0.15) is 12.5 Å². The normalized spacial score (nSPS) is 12.3. The maximum Gasteiger partial charge on any atom is 0.214 e. The van der Waals surface area contributed by atoms with Crippen LogP contribution in [-0.2, 0) is 4.74 Å². The lowest BCUT2D eigenvalue weighted by Crippen LogP contribution is -2.19. The monoisotopic (exact) mass is 276 g/mol. The van der Waals surface area contributed by atoms with Crippen LogP contribution in [0.4, 0.5) is 0 Å². The molecule has 0 saturated heterocycles. The molecular weight excluding hydrogens is 260 g/mol. The van der Waals surface area contributed by atoms with E-state index in [4.69, 9.17) is 27.4 Å². The van der Waals surface area contributed by atoms with Crippen molar-refractivity contribution < 1.29 is 9.47 Å². The average Bonchev–Trinajstić information content (AvgIpc) is 2.37. The second-order valence-corrected chi connectivity index (χ2v) is 4.71. The Kier molecular flexibility index (Phi) is 4.29. The van der Waals surface area contributed by atoms with Crippen LogP contribution in [0, 0.1) is 0 Å². The number of hydrogen-bond acceptors (Lipinski definition) is 4. The van der Waals surface area contributed by atoms with Gasteiger partial charge in [-0.25, -0.2) is 4.98 Å². The van der Waals surface area contributed by atoms with Crippen molar-refractivity contribution in [2.24, 2.45) is 5.73 Å². The van der Waals surface area contributed by atoms with Crippen molar-refractivity contribution in [2.75, 3.05) is 13.7 Å². The lowest BCUT2D eigenvalue weighted by Gasteiger charge is -2.14. The summed E-state index contributed by atoms with van der Waals surface area (Å²) >= 11 is 5.08. The minimum atomic E-state index is -0.0853. The van der Waals surface area contributed by atoms with E-state index < -0.39 is 0 Å². The number of pyridine rings is 1. The minimum absolute atomic E-state index is 0.0853. The van der Waals surface area contributed by atoms with Gasteiger partial charge in [0, 0.05) is 24.1 Å². The molecule has 100 valence electrons. The summed E-state index contributed by atoms with van der Waals surface area (Å²) in [5.74, 6) is 0.506. The maximum absolute atomic E-state index is 5.76. The molecule has 0 aliphatic heterocycles. The summed E-state index contributed by atoms with van der Waals surface area (Å²) in [6.45, 7) is 2.41. The lowest BCUT2D eigenvalue weighted by atomic mass is 10.1. The highest BCUT2D eigenvalue weighted by Gasteiger charge is 2.10. The predicted octanol–water partition coefficient (Wildman–Crippen LogP) is 2.28. The topological polar surface area (TPSA) is 57.4 Å². The molecule has 2 rings (SSSR count). The zero-order chi connectivity index (χ0) is 13.8. The molecule has 2 N–H and O–H groups in total. The van der Waals surface area contributed by atoms with Crippen molar-refractivity contribution in [3.63, 3.8) is 0 Å². The third-order valence-corrected chi connectivity index (χ3v) is 2.90. The van der Waals surface area contributed by atoms with Gasteiger partial charge in [0.25, 0.3) is 0 Å². The summed E-state index contributed by atoms with van der Waals surface area (Å²) in [7, 11) is 1.63. The van der Waals surface area contributed by atoms with E-state index >= 15 is 0 Å². The Morgan fingerprint density at radius 3 is 2.84 bits per heavy atom. The number of methoxy groups -OCH3 is 1. The Morgan fingerprint density at radius 1 is 1.42 bits per heavy atom. The molecule has 1 unspecified atom stereocenters. The molecule has 5 heteroatoms. The van der Waals surface area contributed by atoms with Gasteiger partial charge >= 0.3 is 0 Å². The van der Waals surface area contributed by atoms with E-state index in [1.165, 1.54) is 0 Å². The Balaban J connectivity index is 2.43.